The first-order valence-corrected chi connectivity index (χ1v) is 5.82. The molecular weight excluding hydrogens is 172 g/mol. The van der Waals surface area contributed by atoms with Crippen LogP contribution >= 0.6 is 11.8 Å². The Balaban J connectivity index is 1.77. The topological polar surface area (TPSA) is 35.5 Å². The SMILES string of the molecule is CSCCCNCN1CC(O)C1. The lowest BCUT2D eigenvalue weighted by Crippen LogP contribution is -2.53. The van der Waals surface area contributed by atoms with Crippen LogP contribution in [0.15, 0.2) is 0 Å². The van der Waals surface area contributed by atoms with Crippen LogP contribution in [-0.4, -0.2) is 54.4 Å². The molecule has 1 aliphatic heterocycles. The highest BCUT2D eigenvalue weighted by molar-refractivity contribution is 7.98. The van der Waals surface area contributed by atoms with Crippen LogP contribution in [0.1, 0.15) is 6.42 Å². The summed E-state index contributed by atoms with van der Waals surface area (Å²) in [6.45, 7) is 3.71. The molecule has 1 fully saturated rings. The van der Waals surface area contributed by atoms with Gasteiger partial charge in [-0.25, -0.2) is 0 Å². The molecule has 4 heteroatoms. The van der Waals surface area contributed by atoms with Crippen LogP contribution in [-0.2, 0) is 0 Å². The maximum Gasteiger partial charge on any atom is 0.0794 e. The van der Waals surface area contributed by atoms with Crippen LogP contribution in [0.3, 0.4) is 0 Å². The van der Waals surface area contributed by atoms with E-state index in [4.69, 9.17) is 5.11 Å². The van der Waals surface area contributed by atoms with Gasteiger partial charge < -0.3 is 10.4 Å². The first kappa shape index (κ1) is 10.3. The van der Waals surface area contributed by atoms with Gasteiger partial charge in [-0.1, -0.05) is 0 Å². The van der Waals surface area contributed by atoms with Crippen molar-refractivity contribution >= 4 is 11.8 Å². The zero-order chi connectivity index (χ0) is 8.81. The number of aliphatic hydroxyl groups excluding tert-OH is 1. The minimum Gasteiger partial charge on any atom is -0.390 e. The van der Waals surface area contributed by atoms with Crippen LogP contribution in [0.4, 0.5) is 0 Å². The molecule has 1 saturated heterocycles. The molecule has 0 amide bonds. The number of nitrogens with zero attached hydrogens (tertiary/aromatic N) is 1. The fourth-order valence-corrected chi connectivity index (χ4v) is 1.68. The largest absolute Gasteiger partial charge is 0.390 e. The molecule has 12 heavy (non-hydrogen) atoms. The molecule has 0 aromatic carbocycles. The molecule has 0 saturated carbocycles. The summed E-state index contributed by atoms with van der Waals surface area (Å²) in [6.07, 6.45) is 3.29. The summed E-state index contributed by atoms with van der Waals surface area (Å²) >= 11 is 1.89. The van der Waals surface area contributed by atoms with Crippen molar-refractivity contribution in [2.24, 2.45) is 0 Å². The molecule has 3 nitrogen and oxygen atoms in total. The Morgan fingerprint density at radius 3 is 2.92 bits per heavy atom. The Morgan fingerprint density at radius 1 is 1.58 bits per heavy atom. The third kappa shape index (κ3) is 3.76. The third-order valence-electron chi connectivity index (χ3n) is 1.98. The summed E-state index contributed by atoms with van der Waals surface area (Å²) in [7, 11) is 0. The van der Waals surface area contributed by atoms with Crippen molar-refractivity contribution < 1.29 is 5.11 Å². The molecule has 0 unspecified atom stereocenters. The van der Waals surface area contributed by atoms with Crippen LogP contribution in [0, 0.1) is 0 Å². The molecule has 0 atom stereocenters. The van der Waals surface area contributed by atoms with E-state index in [1.165, 1.54) is 12.2 Å². The number of hydrogen-bond acceptors (Lipinski definition) is 4. The second-order valence-electron chi connectivity index (χ2n) is 3.19. The molecule has 1 heterocycles. The molecule has 2 N–H and O–H groups in total. The molecule has 72 valence electrons. The Kier molecular flexibility index (Phi) is 4.99. The average molecular weight is 190 g/mol. The van der Waals surface area contributed by atoms with Gasteiger partial charge in [-0.05, 0) is 25.0 Å². The fraction of sp³-hybridized carbons (Fsp3) is 1.00. The van der Waals surface area contributed by atoms with E-state index in [9.17, 15) is 0 Å². The third-order valence-corrected chi connectivity index (χ3v) is 2.67. The lowest BCUT2D eigenvalue weighted by molar-refractivity contribution is -0.00219. The first-order valence-electron chi connectivity index (χ1n) is 4.43. The maximum absolute atomic E-state index is 8.99. The van der Waals surface area contributed by atoms with Crippen molar-refractivity contribution in [3.8, 4) is 0 Å². The Hall–Kier alpha value is 0.230. The quantitative estimate of drug-likeness (QED) is 0.576. The number of thioether (sulfide) groups is 1. The second kappa shape index (κ2) is 5.80. The van der Waals surface area contributed by atoms with Crippen LogP contribution < -0.4 is 5.32 Å². The first-order chi connectivity index (χ1) is 5.83. The van der Waals surface area contributed by atoms with E-state index in [0.717, 1.165) is 26.3 Å². The van der Waals surface area contributed by atoms with Gasteiger partial charge in [0.1, 0.15) is 0 Å². The van der Waals surface area contributed by atoms with Crippen LogP contribution in [0.5, 0.6) is 0 Å². The van der Waals surface area contributed by atoms with Crippen molar-refractivity contribution in [1.29, 1.82) is 0 Å². The minimum atomic E-state index is -0.0713. The smallest absolute Gasteiger partial charge is 0.0794 e. The van der Waals surface area contributed by atoms with Crippen molar-refractivity contribution in [2.75, 3.05) is 38.3 Å². The zero-order valence-electron chi connectivity index (χ0n) is 7.62. The van der Waals surface area contributed by atoms with Gasteiger partial charge >= 0.3 is 0 Å². The molecule has 0 spiro atoms. The average Bonchev–Trinajstić information content (AvgIpc) is 2.00. The van der Waals surface area contributed by atoms with Gasteiger partial charge in [0.15, 0.2) is 0 Å². The lowest BCUT2D eigenvalue weighted by Gasteiger charge is -2.35. The van der Waals surface area contributed by atoms with Crippen LogP contribution in [0.25, 0.3) is 0 Å². The number of β-amino-alcohol motifs (C(OH)–C–C–N with tert-alkyl or cyclic N) is 1. The number of hydrogen-bond donors (Lipinski definition) is 2. The summed E-state index contributed by atoms with van der Waals surface area (Å²) in [6, 6.07) is 0. The van der Waals surface area contributed by atoms with Gasteiger partial charge in [0.2, 0.25) is 0 Å². The van der Waals surface area contributed by atoms with Crippen molar-refractivity contribution in [3.63, 3.8) is 0 Å². The normalized spacial score (nSPS) is 19.5. The maximum atomic E-state index is 8.99. The predicted molar refractivity (Wildman–Crippen MR) is 53.4 cm³/mol. The van der Waals surface area contributed by atoms with E-state index in [-0.39, 0.29) is 6.10 Å². The van der Waals surface area contributed by atoms with E-state index in [2.05, 4.69) is 16.5 Å². The fourth-order valence-electron chi connectivity index (χ4n) is 1.25. The van der Waals surface area contributed by atoms with Crippen molar-refractivity contribution in [1.82, 2.24) is 10.2 Å². The Bertz CT molecular complexity index is 118. The summed E-state index contributed by atoms with van der Waals surface area (Å²) in [5.74, 6) is 1.23. The number of aliphatic hydroxyl groups is 1. The molecule has 1 rings (SSSR count). The van der Waals surface area contributed by atoms with Gasteiger partial charge in [0, 0.05) is 19.8 Å². The number of nitrogens with one attached hydrogen (secondary N) is 1. The Labute approximate surface area is 78.5 Å². The minimum absolute atomic E-state index is 0.0713. The monoisotopic (exact) mass is 190 g/mol. The molecule has 0 aliphatic carbocycles. The summed E-state index contributed by atoms with van der Waals surface area (Å²) in [5, 5.41) is 12.3. The summed E-state index contributed by atoms with van der Waals surface area (Å²) in [5.41, 5.74) is 0. The molecule has 0 bridgehead atoms. The number of rotatable bonds is 6. The molecule has 0 aromatic rings. The molecule has 1 aliphatic rings. The second-order valence-corrected chi connectivity index (χ2v) is 4.18. The van der Waals surface area contributed by atoms with E-state index < -0.39 is 0 Å². The van der Waals surface area contributed by atoms with Gasteiger partial charge in [0.05, 0.1) is 6.10 Å². The van der Waals surface area contributed by atoms with Crippen molar-refractivity contribution in [3.05, 3.63) is 0 Å². The number of likely N-dealkylation sites (tertiary alicyclic amines) is 1. The summed E-state index contributed by atoms with van der Waals surface area (Å²) < 4.78 is 0. The highest BCUT2D eigenvalue weighted by atomic mass is 32.2. The van der Waals surface area contributed by atoms with Gasteiger partial charge in [-0.3, -0.25) is 4.90 Å². The van der Waals surface area contributed by atoms with Gasteiger partial charge in [-0.15, -0.1) is 0 Å². The van der Waals surface area contributed by atoms with Gasteiger partial charge in [-0.2, -0.15) is 11.8 Å². The predicted octanol–water partition coefficient (Wildman–Crippen LogP) is -0.0369. The zero-order valence-corrected chi connectivity index (χ0v) is 8.44. The van der Waals surface area contributed by atoms with Crippen molar-refractivity contribution in [2.45, 2.75) is 12.5 Å². The van der Waals surface area contributed by atoms with E-state index in [1.807, 2.05) is 11.8 Å². The van der Waals surface area contributed by atoms with E-state index in [1.54, 1.807) is 0 Å². The molecular formula is C8H18N2OS. The van der Waals surface area contributed by atoms with E-state index >= 15 is 0 Å². The summed E-state index contributed by atoms with van der Waals surface area (Å²) in [4.78, 5) is 2.21. The molecule has 0 radical (unpaired) electrons. The highest BCUT2D eigenvalue weighted by Crippen LogP contribution is 2.04. The van der Waals surface area contributed by atoms with Crippen LogP contribution in [0.2, 0.25) is 0 Å². The lowest BCUT2D eigenvalue weighted by atomic mass is 10.2. The highest BCUT2D eigenvalue weighted by Gasteiger charge is 2.22. The van der Waals surface area contributed by atoms with E-state index in [0.29, 0.717) is 0 Å². The molecule has 0 aromatic heterocycles. The Morgan fingerprint density at radius 2 is 2.33 bits per heavy atom. The van der Waals surface area contributed by atoms with Gasteiger partial charge in [0.25, 0.3) is 0 Å². The standard InChI is InChI=1S/C8H18N2OS/c1-12-4-2-3-9-7-10-5-8(11)6-10/h8-9,11H,2-7H2,1H3.